The third-order valence-electron chi connectivity index (χ3n) is 7.03. The highest BCUT2D eigenvalue weighted by Crippen LogP contribution is 2.39. The van der Waals surface area contributed by atoms with E-state index in [1.54, 1.807) is 4.68 Å². The van der Waals surface area contributed by atoms with Gasteiger partial charge in [0.25, 0.3) is 5.56 Å². The molecule has 1 atom stereocenters. The molecule has 33 heavy (non-hydrogen) atoms. The van der Waals surface area contributed by atoms with Crippen molar-refractivity contribution in [3.05, 3.63) is 81.7 Å². The molecular weight excluding hydrogens is 438 g/mol. The predicted molar refractivity (Wildman–Crippen MR) is 130 cm³/mol. The van der Waals surface area contributed by atoms with Gasteiger partial charge in [0.2, 0.25) is 5.91 Å². The largest absolute Gasteiger partial charge is 0.337 e. The zero-order chi connectivity index (χ0) is 23.2. The first-order chi connectivity index (χ1) is 15.9. The van der Waals surface area contributed by atoms with Crippen molar-refractivity contribution < 1.29 is 4.79 Å². The van der Waals surface area contributed by atoms with Crippen molar-refractivity contribution in [2.24, 2.45) is 7.05 Å². The Morgan fingerprint density at radius 2 is 1.55 bits per heavy atom. The van der Waals surface area contributed by atoms with Crippen molar-refractivity contribution in [3.8, 4) is 5.69 Å². The van der Waals surface area contributed by atoms with E-state index in [4.69, 9.17) is 11.6 Å². The van der Waals surface area contributed by atoms with E-state index in [0.29, 0.717) is 19.4 Å². The van der Waals surface area contributed by atoms with Crippen LogP contribution in [-0.4, -0.2) is 45.0 Å². The van der Waals surface area contributed by atoms with Gasteiger partial charge < -0.3 is 10.2 Å². The van der Waals surface area contributed by atoms with Crippen LogP contribution in [0.5, 0.6) is 0 Å². The Labute approximate surface area is 198 Å². The number of benzene rings is 2. The Hall–Kier alpha value is -3.03. The summed E-state index contributed by atoms with van der Waals surface area (Å²) < 4.78 is 3.44. The van der Waals surface area contributed by atoms with E-state index in [0.717, 1.165) is 30.2 Å². The van der Waals surface area contributed by atoms with E-state index in [-0.39, 0.29) is 22.7 Å². The smallest absolute Gasteiger partial charge is 0.290 e. The highest BCUT2D eigenvalue weighted by molar-refractivity contribution is 6.31. The number of carbonyl (C=O) groups is 1. The minimum absolute atomic E-state index is 0.0541. The lowest BCUT2D eigenvalue weighted by Gasteiger charge is -2.44. The van der Waals surface area contributed by atoms with Crippen LogP contribution in [-0.2, 0) is 18.4 Å². The maximum Gasteiger partial charge on any atom is 0.290 e. The molecular formula is C25H28ClN5O2. The van der Waals surface area contributed by atoms with Crippen LogP contribution in [0.15, 0.2) is 65.5 Å². The summed E-state index contributed by atoms with van der Waals surface area (Å²) in [5, 5.41) is 3.39. The maximum atomic E-state index is 13.1. The first kappa shape index (κ1) is 21.8. The molecule has 0 saturated carbocycles. The van der Waals surface area contributed by atoms with Crippen molar-refractivity contribution in [1.29, 1.82) is 0 Å². The van der Waals surface area contributed by atoms with Gasteiger partial charge in [-0.2, -0.15) is 0 Å². The summed E-state index contributed by atoms with van der Waals surface area (Å²) >= 11 is 6.50. The fourth-order valence-corrected chi connectivity index (χ4v) is 5.60. The predicted octanol–water partition coefficient (Wildman–Crippen LogP) is 3.15. The van der Waals surface area contributed by atoms with Gasteiger partial charge >= 0.3 is 0 Å². The van der Waals surface area contributed by atoms with E-state index in [9.17, 15) is 9.59 Å². The fourth-order valence-electron chi connectivity index (χ4n) is 5.34. The molecule has 172 valence electrons. The number of rotatable bonds is 4. The minimum atomic E-state index is -0.553. The van der Waals surface area contributed by atoms with E-state index in [2.05, 4.69) is 27.2 Å². The number of nitrogens with one attached hydrogen (secondary N) is 1. The van der Waals surface area contributed by atoms with Crippen LogP contribution in [0.25, 0.3) is 5.69 Å². The molecule has 2 fully saturated rings. The highest BCUT2D eigenvalue weighted by atomic mass is 35.5. The number of aromatic nitrogens is 2. The summed E-state index contributed by atoms with van der Waals surface area (Å²) in [5.41, 5.74) is 1.86. The first-order valence-electron chi connectivity index (χ1n) is 11.3. The van der Waals surface area contributed by atoms with Crippen LogP contribution in [0.1, 0.15) is 25.5 Å². The first-order valence-corrected chi connectivity index (χ1v) is 11.7. The molecule has 3 heterocycles. The second-order valence-electron chi connectivity index (χ2n) is 8.90. The standard InChI is InChI=1S/C25H28ClN5O2/c1-18-27-24(33)25(30(18)19-9-5-3-6-10-19)13-15-29(16-14-25)17-21-22(26)23(32)31(28(21)2)20-11-7-4-8-12-20/h3-12,18H,13-17H2,1-2H3,(H,27,33). The molecule has 2 aromatic carbocycles. The number of likely N-dealkylation sites (tertiary alicyclic amines) is 1. The van der Waals surface area contributed by atoms with Crippen LogP contribution in [0, 0.1) is 0 Å². The zero-order valence-corrected chi connectivity index (χ0v) is 19.6. The second-order valence-corrected chi connectivity index (χ2v) is 9.28. The third kappa shape index (κ3) is 3.56. The molecule has 1 amide bonds. The summed E-state index contributed by atoms with van der Waals surface area (Å²) in [6.45, 7) is 4.08. The lowest BCUT2D eigenvalue weighted by molar-refractivity contribution is -0.125. The highest BCUT2D eigenvalue weighted by Gasteiger charge is 2.53. The van der Waals surface area contributed by atoms with Crippen LogP contribution in [0.4, 0.5) is 5.69 Å². The van der Waals surface area contributed by atoms with Crippen LogP contribution in [0.3, 0.4) is 0 Å². The average Bonchev–Trinajstić information content (AvgIpc) is 3.19. The van der Waals surface area contributed by atoms with Crippen LogP contribution < -0.4 is 15.8 Å². The minimum Gasteiger partial charge on any atom is -0.337 e. The molecule has 7 nitrogen and oxygen atoms in total. The Balaban J connectivity index is 1.37. The molecule has 0 aliphatic carbocycles. The van der Waals surface area contributed by atoms with Gasteiger partial charge in [-0.25, -0.2) is 4.68 Å². The molecule has 1 N–H and O–H groups in total. The lowest BCUT2D eigenvalue weighted by atomic mass is 9.85. The number of nitrogens with zero attached hydrogens (tertiary/aromatic N) is 4. The number of piperidine rings is 1. The van der Waals surface area contributed by atoms with Crippen molar-refractivity contribution in [2.45, 2.75) is 38.0 Å². The van der Waals surface area contributed by atoms with Crippen molar-refractivity contribution in [2.75, 3.05) is 18.0 Å². The summed E-state index contributed by atoms with van der Waals surface area (Å²) in [6, 6.07) is 19.6. The molecule has 5 rings (SSSR count). The summed E-state index contributed by atoms with van der Waals surface area (Å²) in [5.74, 6) is 0.0964. The number of hydrogen-bond donors (Lipinski definition) is 1. The molecule has 2 saturated heterocycles. The number of hydrogen-bond acceptors (Lipinski definition) is 4. The molecule has 1 unspecified atom stereocenters. The Morgan fingerprint density at radius 1 is 0.970 bits per heavy atom. The van der Waals surface area contributed by atoms with E-state index < -0.39 is 5.54 Å². The topological polar surface area (TPSA) is 62.5 Å². The molecule has 1 spiro atoms. The zero-order valence-electron chi connectivity index (χ0n) is 18.9. The van der Waals surface area contributed by atoms with Crippen molar-refractivity contribution >= 4 is 23.2 Å². The lowest BCUT2D eigenvalue weighted by Crippen LogP contribution is -2.57. The van der Waals surface area contributed by atoms with E-state index in [1.165, 1.54) is 0 Å². The molecule has 3 aromatic rings. The van der Waals surface area contributed by atoms with Gasteiger partial charge in [0.1, 0.15) is 10.6 Å². The van der Waals surface area contributed by atoms with Crippen molar-refractivity contribution in [3.63, 3.8) is 0 Å². The van der Waals surface area contributed by atoms with Crippen LogP contribution in [0.2, 0.25) is 5.02 Å². The van der Waals surface area contributed by atoms with Gasteiger partial charge in [0, 0.05) is 32.4 Å². The Morgan fingerprint density at radius 3 is 2.15 bits per heavy atom. The monoisotopic (exact) mass is 465 g/mol. The summed E-state index contributed by atoms with van der Waals surface area (Å²) in [6.07, 6.45) is 1.37. The van der Waals surface area contributed by atoms with Gasteiger partial charge in [-0.3, -0.25) is 19.2 Å². The van der Waals surface area contributed by atoms with Crippen molar-refractivity contribution in [1.82, 2.24) is 19.6 Å². The van der Waals surface area contributed by atoms with Gasteiger partial charge in [-0.15, -0.1) is 0 Å². The normalized spacial score (nSPS) is 20.4. The number of anilines is 1. The number of carbonyl (C=O) groups excluding carboxylic acids is 1. The van der Waals surface area contributed by atoms with Crippen LogP contribution >= 0.6 is 11.6 Å². The molecule has 0 bridgehead atoms. The van der Waals surface area contributed by atoms with E-state index in [1.807, 2.05) is 67.2 Å². The Kier molecular flexibility index (Phi) is 5.54. The quantitative estimate of drug-likeness (QED) is 0.643. The molecule has 2 aliphatic rings. The number of para-hydroxylation sites is 2. The molecule has 1 aromatic heterocycles. The average molecular weight is 466 g/mol. The summed E-state index contributed by atoms with van der Waals surface area (Å²) in [7, 11) is 1.87. The molecule has 0 radical (unpaired) electrons. The number of halogens is 1. The second kappa shape index (κ2) is 8.39. The maximum absolute atomic E-state index is 13.1. The SMILES string of the molecule is CC1NC(=O)C2(CCN(Cc3c(Cl)c(=O)n(-c4ccccc4)n3C)CC2)N1c1ccccc1. The van der Waals surface area contributed by atoms with E-state index >= 15 is 0 Å². The van der Waals surface area contributed by atoms with Gasteiger partial charge in [0.15, 0.2) is 0 Å². The Bertz CT molecular complexity index is 1210. The third-order valence-corrected chi connectivity index (χ3v) is 7.41. The summed E-state index contributed by atoms with van der Waals surface area (Å²) in [4.78, 5) is 30.5. The molecule has 2 aliphatic heterocycles. The van der Waals surface area contributed by atoms with Gasteiger partial charge in [-0.05, 0) is 44.0 Å². The number of amides is 1. The van der Waals surface area contributed by atoms with Gasteiger partial charge in [-0.1, -0.05) is 48.0 Å². The fraction of sp³-hybridized carbons (Fsp3) is 0.360. The molecule has 8 heteroatoms. The van der Waals surface area contributed by atoms with Gasteiger partial charge in [0.05, 0.1) is 17.5 Å².